The predicted octanol–water partition coefficient (Wildman–Crippen LogP) is 2.19. The first-order valence-corrected chi connectivity index (χ1v) is 9.69. The molecule has 3 rings (SSSR count). The van der Waals surface area contributed by atoms with Crippen molar-refractivity contribution in [3.05, 3.63) is 58.9 Å². The van der Waals surface area contributed by atoms with Gasteiger partial charge in [-0.25, -0.2) is 13.4 Å². The number of amides is 1. The number of hydrogen-bond donors (Lipinski definition) is 0. The van der Waals surface area contributed by atoms with Crippen LogP contribution in [0.3, 0.4) is 0 Å². The lowest BCUT2D eigenvalue weighted by Crippen LogP contribution is -2.50. The Kier molecular flexibility index (Phi) is 5.08. The van der Waals surface area contributed by atoms with Gasteiger partial charge in [-0.1, -0.05) is 29.8 Å². The van der Waals surface area contributed by atoms with E-state index in [1.807, 2.05) is 13.0 Å². The molecule has 0 atom stereocenters. The molecule has 0 saturated carbocycles. The summed E-state index contributed by atoms with van der Waals surface area (Å²) in [7, 11) is -3.67. The van der Waals surface area contributed by atoms with Gasteiger partial charge in [0.1, 0.15) is 10.6 Å². The van der Waals surface area contributed by atoms with Gasteiger partial charge >= 0.3 is 0 Å². The molecule has 0 aliphatic carbocycles. The minimum absolute atomic E-state index is 0.0943. The van der Waals surface area contributed by atoms with Crippen LogP contribution in [0.25, 0.3) is 0 Å². The zero-order valence-electron chi connectivity index (χ0n) is 13.7. The van der Waals surface area contributed by atoms with Crippen LogP contribution in [0.2, 0.25) is 5.02 Å². The summed E-state index contributed by atoms with van der Waals surface area (Å²) < 4.78 is 26.8. The summed E-state index contributed by atoms with van der Waals surface area (Å²) in [5.74, 6) is -0.182. The van der Waals surface area contributed by atoms with E-state index >= 15 is 0 Å². The van der Waals surface area contributed by atoms with Crippen LogP contribution in [0.1, 0.15) is 16.2 Å². The van der Waals surface area contributed by atoms with Gasteiger partial charge in [-0.3, -0.25) is 4.79 Å². The average Bonchev–Trinajstić information content (AvgIpc) is 2.61. The smallest absolute Gasteiger partial charge is 0.272 e. The first-order valence-electron chi connectivity index (χ1n) is 7.87. The molecule has 1 saturated heterocycles. The van der Waals surface area contributed by atoms with E-state index in [4.69, 9.17) is 11.6 Å². The van der Waals surface area contributed by atoms with E-state index < -0.39 is 10.0 Å². The van der Waals surface area contributed by atoms with E-state index in [2.05, 4.69) is 4.98 Å². The molecule has 1 aromatic carbocycles. The molecule has 25 heavy (non-hydrogen) atoms. The second-order valence-electron chi connectivity index (χ2n) is 5.79. The van der Waals surface area contributed by atoms with E-state index in [9.17, 15) is 13.2 Å². The van der Waals surface area contributed by atoms with Crippen molar-refractivity contribution in [3.8, 4) is 0 Å². The number of nitrogens with zero attached hydrogens (tertiary/aromatic N) is 3. The molecule has 2 aromatic rings. The van der Waals surface area contributed by atoms with Gasteiger partial charge < -0.3 is 4.90 Å². The van der Waals surface area contributed by atoms with Crippen LogP contribution in [0.4, 0.5) is 0 Å². The zero-order valence-corrected chi connectivity index (χ0v) is 15.3. The molecule has 1 aliphatic rings. The minimum atomic E-state index is -3.67. The Balaban J connectivity index is 1.72. The maximum absolute atomic E-state index is 12.7. The molecule has 0 unspecified atom stereocenters. The molecule has 6 nitrogen and oxygen atoms in total. The maximum atomic E-state index is 12.7. The highest BCUT2D eigenvalue weighted by Crippen LogP contribution is 2.25. The lowest BCUT2D eigenvalue weighted by molar-refractivity contribution is 0.0691. The second-order valence-corrected chi connectivity index (χ2v) is 8.10. The Labute approximate surface area is 152 Å². The van der Waals surface area contributed by atoms with E-state index in [-0.39, 0.29) is 28.9 Å². The van der Waals surface area contributed by atoms with Crippen LogP contribution < -0.4 is 0 Å². The molecule has 1 amide bonds. The SMILES string of the molecule is Cc1cccc(C(=O)N2CCN(S(=O)(=O)c3ccccc3Cl)CC2)n1. The molecule has 2 heterocycles. The van der Waals surface area contributed by atoms with E-state index in [1.54, 1.807) is 35.2 Å². The fourth-order valence-corrected chi connectivity index (χ4v) is 4.66. The summed E-state index contributed by atoms with van der Waals surface area (Å²) in [6, 6.07) is 11.7. The monoisotopic (exact) mass is 379 g/mol. The zero-order chi connectivity index (χ0) is 18.0. The van der Waals surface area contributed by atoms with Crippen molar-refractivity contribution in [3.63, 3.8) is 0 Å². The number of sulfonamides is 1. The number of rotatable bonds is 3. The number of benzene rings is 1. The Morgan fingerprint density at radius 1 is 1.04 bits per heavy atom. The van der Waals surface area contributed by atoms with Crippen LogP contribution in [0.5, 0.6) is 0 Å². The average molecular weight is 380 g/mol. The molecule has 0 radical (unpaired) electrons. The molecule has 132 valence electrons. The first-order chi connectivity index (χ1) is 11.9. The van der Waals surface area contributed by atoms with Crippen LogP contribution >= 0.6 is 11.6 Å². The summed E-state index contributed by atoms with van der Waals surface area (Å²) >= 11 is 6.02. The third kappa shape index (κ3) is 3.68. The quantitative estimate of drug-likeness (QED) is 0.819. The molecule has 0 spiro atoms. The molecule has 1 aromatic heterocycles. The largest absolute Gasteiger partial charge is 0.335 e. The van der Waals surface area contributed by atoms with Gasteiger partial charge in [0.2, 0.25) is 10.0 Å². The lowest BCUT2D eigenvalue weighted by Gasteiger charge is -2.34. The fourth-order valence-electron chi connectivity index (χ4n) is 2.75. The number of halogens is 1. The number of carbonyl (C=O) groups excluding carboxylic acids is 1. The van der Waals surface area contributed by atoms with Gasteiger partial charge in [-0.15, -0.1) is 0 Å². The molecule has 8 heteroatoms. The Bertz CT molecular complexity index is 894. The Morgan fingerprint density at radius 2 is 1.72 bits per heavy atom. The van der Waals surface area contributed by atoms with Crippen LogP contribution in [-0.2, 0) is 10.0 Å². The highest BCUT2D eigenvalue weighted by Gasteiger charge is 2.31. The van der Waals surface area contributed by atoms with Crippen molar-refractivity contribution in [2.75, 3.05) is 26.2 Å². The maximum Gasteiger partial charge on any atom is 0.272 e. The second kappa shape index (κ2) is 7.11. The standard InChI is InChI=1S/C17H18ClN3O3S/c1-13-5-4-7-15(19-13)17(22)20-9-11-21(12-10-20)25(23,24)16-8-3-2-6-14(16)18/h2-8H,9-12H2,1H3. The predicted molar refractivity (Wildman–Crippen MR) is 95.1 cm³/mol. The summed E-state index contributed by atoms with van der Waals surface area (Å²) in [6.07, 6.45) is 0. The van der Waals surface area contributed by atoms with Gasteiger partial charge in [-0.2, -0.15) is 4.31 Å². The van der Waals surface area contributed by atoms with Gasteiger partial charge in [0.05, 0.1) is 5.02 Å². The number of pyridine rings is 1. The highest BCUT2D eigenvalue weighted by atomic mass is 35.5. The third-order valence-corrected chi connectivity index (χ3v) is 6.49. The van der Waals surface area contributed by atoms with Gasteiger partial charge in [0, 0.05) is 31.9 Å². The van der Waals surface area contributed by atoms with Crippen LogP contribution in [0.15, 0.2) is 47.4 Å². The number of carbonyl (C=O) groups is 1. The van der Waals surface area contributed by atoms with Crippen molar-refractivity contribution in [1.29, 1.82) is 0 Å². The number of piperazine rings is 1. The van der Waals surface area contributed by atoms with Gasteiger partial charge in [-0.05, 0) is 31.2 Å². The summed E-state index contributed by atoms with van der Waals surface area (Å²) in [5, 5.41) is 0.199. The van der Waals surface area contributed by atoms with E-state index in [1.165, 1.54) is 10.4 Å². The summed E-state index contributed by atoms with van der Waals surface area (Å²) in [4.78, 5) is 18.5. The normalized spacial score (nSPS) is 16.0. The Hall–Kier alpha value is -1.96. The van der Waals surface area contributed by atoms with E-state index in [0.717, 1.165) is 5.69 Å². The van der Waals surface area contributed by atoms with Crippen molar-refractivity contribution in [1.82, 2.24) is 14.2 Å². The first kappa shape index (κ1) is 17.8. The minimum Gasteiger partial charge on any atom is -0.335 e. The Morgan fingerprint density at radius 3 is 2.36 bits per heavy atom. The molecular weight excluding hydrogens is 362 g/mol. The topological polar surface area (TPSA) is 70.6 Å². The van der Waals surface area contributed by atoms with E-state index in [0.29, 0.717) is 18.8 Å². The molecule has 0 N–H and O–H groups in total. The van der Waals surface area contributed by atoms with Crippen LogP contribution in [-0.4, -0.2) is 54.7 Å². The number of aryl methyl sites for hydroxylation is 1. The van der Waals surface area contributed by atoms with Gasteiger partial charge in [0.25, 0.3) is 5.91 Å². The fraction of sp³-hybridized carbons (Fsp3) is 0.294. The summed E-state index contributed by atoms with van der Waals surface area (Å²) in [5.41, 5.74) is 1.15. The summed E-state index contributed by atoms with van der Waals surface area (Å²) in [6.45, 7) is 2.91. The number of hydrogen-bond acceptors (Lipinski definition) is 4. The molecule has 0 bridgehead atoms. The third-order valence-electron chi connectivity index (χ3n) is 4.09. The molecule has 1 fully saturated rings. The number of aromatic nitrogens is 1. The van der Waals surface area contributed by atoms with Crippen molar-refractivity contribution < 1.29 is 13.2 Å². The molecular formula is C17H18ClN3O3S. The lowest BCUT2D eigenvalue weighted by atomic mass is 10.2. The van der Waals surface area contributed by atoms with Crippen molar-refractivity contribution in [2.45, 2.75) is 11.8 Å². The van der Waals surface area contributed by atoms with Crippen molar-refractivity contribution >= 4 is 27.5 Å². The molecule has 1 aliphatic heterocycles. The van der Waals surface area contributed by atoms with Gasteiger partial charge in [0.15, 0.2) is 0 Å². The van der Waals surface area contributed by atoms with Crippen LogP contribution in [0, 0.1) is 6.92 Å². The van der Waals surface area contributed by atoms with Crippen molar-refractivity contribution in [2.24, 2.45) is 0 Å². The highest BCUT2D eigenvalue weighted by molar-refractivity contribution is 7.89.